The molecule has 0 amide bonds. The third-order valence-corrected chi connectivity index (χ3v) is 3.41. The van der Waals surface area contributed by atoms with E-state index in [4.69, 9.17) is 10.8 Å². The molecule has 0 aliphatic carbocycles. The average Bonchev–Trinajstić information content (AvgIpc) is 2.46. The first-order chi connectivity index (χ1) is 9.65. The number of nitrogens with two attached hydrogens (primary N) is 1. The van der Waals surface area contributed by atoms with Crippen LogP contribution in [0.1, 0.15) is 12.0 Å². The Morgan fingerprint density at radius 3 is 2.57 bits per heavy atom. The molecule has 4 nitrogen and oxygen atoms in total. The molecule has 3 rings (SSSR count). The van der Waals surface area contributed by atoms with Crippen LogP contribution in [0.3, 0.4) is 0 Å². The number of carboxylic acids is 1. The molecule has 0 fully saturated rings. The van der Waals surface area contributed by atoms with E-state index in [1.807, 2.05) is 42.5 Å². The van der Waals surface area contributed by atoms with Gasteiger partial charge in [0.25, 0.3) is 0 Å². The lowest BCUT2D eigenvalue weighted by molar-refractivity contribution is -0.136. The topological polar surface area (TPSA) is 76.2 Å². The maximum Gasteiger partial charge on any atom is 0.303 e. The summed E-state index contributed by atoms with van der Waals surface area (Å²) in [6.07, 6.45) is 0.615. The minimum atomic E-state index is -0.797. The molecular weight excluding hydrogens is 288 g/mol. The minimum absolute atomic E-state index is 0. The fourth-order valence-corrected chi connectivity index (χ4v) is 2.38. The fourth-order valence-electron chi connectivity index (χ4n) is 2.38. The van der Waals surface area contributed by atoms with Gasteiger partial charge < -0.3 is 10.8 Å². The number of hydrogen-bond acceptors (Lipinski definition) is 3. The number of anilines is 1. The van der Waals surface area contributed by atoms with Gasteiger partial charge in [-0.15, -0.1) is 12.4 Å². The summed E-state index contributed by atoms with van der Waals surface area (Å²) in [5.74, 6) is -0.797. The standard InChI is InChI=1S/C16H14N2O2.ClH/c17-16-11-3-1-2-4-13(11)18-14-7-5-10(9-12(14)16)6-8-15(19)20;/h1-5,7,9H,6,8H2,(H2,17,18)(H,19,20);1H. The van der Waals surface area contributed by atoms with Gasteiger partial charge in [0.05, 0.1) is 16.7 Å². The molecule has 0 atom stereocenters. The molecule has 0 radical (unpaired) electrons. The van der Waals surface area contributed by atoms with Crippen LogP contribution in [0.15, 0.2) is 42.5 Å². The smallest absolute Gasteiger partial charge is 0.303 e. The lowest BCUT2D eigenvalue weighted by Crippen LogP contribution is -1.98. The summed E-state index contributed by atoms with van der Waals surface area (Å²) < 4.78 is 0. The van der Waals surface area contributed by atoms with Gasteiger partial charge in [-0.3, -0.25) is 4.79 Å². The van der Waals surface area contributed by atoms with Crippen LogP contribution in [0.2, 0.25) is 0 Å². The van der Waals surface area contributed by atoms with Crippen LogP contribution in [0.25, 0.3) is 21.8 Å². The highest BCUT2D eigenvalue weighted by atomic mass is 35.5. The predicted molar refractivity (Wildman–Crippen MR) is 86.9 cm³/mol. The summed E-state index contributed by atoms with van der Waals surface area (Å²) in [5, 5.41) is 10.6. The highest BCUT2D eigenvalue weighted by molar-refractivity contribution is 6.06. The average molecular weight is 303 g/mol. The Hall–Kier alpha value is -2.33. The second-order valence-electron chi connectivity index (χ2n) is 4.79. The van der Waals surface area contributed by atoms with E-state index in [2.05, 4.69) is 4.98 Å². The Balaban J connectivity index is 0.00000161. The quantitative estimate of drug-likeness (QED) is 0.727. The zero-order chi connectivity index (χ0) is 14.1. The predicted octanol–water partition coefficient (Wildman–Crippen LogP) is 3.41. The van der Waals surface area contributed by atoms with Gasteiger partial charge in [-0.1, -0.05) is 24.3 Å². The number of carbonyl (C=O) groups is 1. The van der Waals surface area contributed by atoms with E-state index in [9.17, 15) is 4.79 Å². The Bertz CT molecular complexity index is 818. The summed E-state index contributed by atoms with van der Waals surface area (Å²) >= 11 is 0. The molecule has 0 spiro atoms. The van der Waals surface area contributed by atoms with Gasteiger partial charge >= 0.3 is 5.97 Å². The van der Waals surface area contributed by atoms with Crippen LogP contribution >= 0.6 is 12.4 Å². The van der Waals surface area contributed by atoms with Crippen LogP contribution in [-0.2, 0) is 11.2 Å². The molecule has 5 heteroatoms. The Morgan fingerprint density at radius 2 is 1.81 bits per heavy atom. The molecule has 1 heterocycles. The highest BCUT2D eigenvalue weighted by Crippen LogP contribution is 2.28. The number of hydrogen-bond donors (Lipinski definition) is 2. The van der Waals surface area contributed by atoms with E-state index in [0.29, 0.717) is 12.1 Å². The zero-order valence-electron chi connectivity index (χ0n) is 11.2. The van der Waals surface area contributed by atoms with Gasteiger partial charge in [0.2, 0.25) is 0 Å². The van der Waals surface area contributed by atoms with Crippen molar-refractivity contribution in [3.05, 3.63) is 48.0 Å². The number of aliphatic carboxylic acids is 1. The van der Waals surface area contributed by atoms with E-state index >= 15 is 0 Å². The first kappa shape index (κ1) is 15.1. The number of benzene rings is 2. The molecule has 3 aromatic rings. The molecule has 2 aromatic carbocycles. The SMILES string of the molecule is Cl.Nc1c2ccccc2nc2ccc(CCC(=O)O)cc12. The zero-order valence-corrected chi connectivity index (χ0v) is 12.1. The number of pyridine rings is 1. The lowest BCUT2D eigenvalue weighted by atomic mass is 10.0. The molecule has 0 bridgehead atoms. The van der Waals surface area contributed by atoms with E-state index in [1.165, 1.54) is 0 Å². The van der Waals surface area contributed by atoms with Gasteiger partial charge in [0, 0.05) is 17.2 Å². The van der Waals surface area contributed by atoms with Gasteiger partial charge in [-0.05, 0) is 30.2 Å². The van der Waals surface area contributed by atoms with Crippen molar-refractivity contribution in [1.82, 2.24) is 4.98 Å². The second-order valence-corrected chi connectivity index (χ2v) is 4.79. The number of rotatable bonds is 3. The van der Waals surface area contributed by atoms with Crippen LogP contribution in [0, 0.1) is 0 Å². The third-order valence-electron chi connectivity index (χ3n) is 3.41. The van der Waals surface area contributed by atoms with E-state index < -0.39 is 5.97 Å². The minimum Gasteiger partial charge on any atom is -0.481 e. The van der Waals surface area contributed by atoms with Gasteiger partial charge in [0.1, 0.15) is 0 Å². The summed E-state index contributed by atoms with van der Waals surface area (Å²) in [5.41, 5.74) is 9.59. The van der Waals surface area contributed by atoms with Gasteiger partial charge in [0.15, 0.2) is 0 Å². The largest absolute Gasteiger partial charge is 0.481 e. The normalized spacial score (nSPS) is 10.5. The third kappa shape index (κ3) is 2.90. The van der Waals surface area contributed by atoms with Crippen molar-refractivity contribution in [2.24, 2.45) is 0 Å². The van der Waals surface area contributed by atoms with E-state index in [-0.39, 0.29) is 18.8 Å². The first-order valence-electron chi connectivity index (χ1n) is 6.44. The van der Waals surface area contributed by atoms with Crippen molar-refractivity contribution in [1.29, 1.82) is 0 Å². The molecule has 0 saturated heterocycles. The maximum absolute atomic E-state index is 10.6. The van der Waals surface area contributed by atoms with Crippen LogP contribution in [0.4, 0.5) is 5.69 Å². The number of nitrogens with zero attached hydrogens (tertiary/aromatic N) is 1. The van der Waals surface area contributed by atoms with Gasteiger partial charge in [-0.25, -0.2) is 4.98 Å². The number of fused-ring (bicyclic) bond motifs is 2. The summed E-state index contributed by atoms with van der Waals surface area (Å²) in [6, 6.07) is 13.5. The van der Waals surface area contributed by atoms with Crippen molar-refractivity contribution >= 4 is 45.9 Å². The molecule has 1 aromatic heterocycles. The molecule has 108 valence electrons. The Morgan fingerprint density at radius 1 is 1.10 bits per heavy atom. The van der Waals surface area contributed by atoms with E-state index in [0.717, 1.165) is 27.4 Å². The van der Waals surface area contributed by atoms with Crippen molar-refractivity contribution in [3.63, 3.8) is 0 Å². The van der Waals surface area contributed by atoms with Crippen molar-refractivity contribution in [2.45, 2.75) is 12.8 Å². The molecule has 3 N–H and O–H groups in total. The summed E-state index contributed by atoms with van der Waals surface area (Å²) in [6.45, 7) is 0. The fraction of sp³-hybridized carbons (Fsp3) is 0.125. The molecule has 21 heavy (non-hydrogen) atoms. The van der Waals surface area contributed by atoms with Crippen LogP contribution in [-0.4, -0.2) is 16.1 Å². The van der Waals surface area contributed by atoms with E-state index in [1.54, 1.807) is 0 Å². The number of carboxylic acid groups (broad SMARTS) is 1. The maximum atomic E-state index is 10.6. The van der Waals surface area contributed by atoms with Crippen molar-refractivity contribution in [3.8, 4) is 0 Å². The van der Waals surface area contributed by atoms with Crippen molar-refractivity contribution in [2.75, 3.05) is 5.73 Å². The highest BCUT2D eigenvalue weighted by Gasteiger charge is 2.07. The van der Waals surface area contributed by atoms with Crippen LogP contribution in [0.5, 0.6) is 0 Å². The number of aryl methyl sites for hydroxylation is 1. The Kier molecular flexibility index (Phi) is 4.29. The first-order valence-corrected chi connectivity index (χ1v) is 6.44. The molecule has 0 aliphatic rings. The number of halogens is 1. The number of para-hydroxylation sites is 1. The number of nitrogen functional groups attached to an aromatic ring is 1. The second kappa shape index (κ2) is 5.97. The van der Waals surface area contributed by atoms with Crippen LogP contribution < -0.4 is 5.73 Å². The van der Waals surface area contributed by atoms with Crippen molar-refractivity contribution < 1.29 is 9.90 Å². The summed E-state index contributed by atoms with van der Waals surface area (Å²) in [4.78, 5) is 15.2. The molecule has 0 saturated carbocycles. The molecule has 0 aliphatic heterocycles. The molecular formula is C16H15ClN2O2. The Labute approximate surface area is 128 Å². The lowest BCUT2D eigenvalue weighted by Gasteiger charge is -2.08. The molecule has 0 unspecified atom stereocenters. The number of aromatic nitrogens is 1. The monoisotopic (exact) mass is 302 g/mol. The van der Waals surface area contributed by atoms with Gasteiger partial charge in [-0.2, -0.15) is 0 Å². The summed E-state index contributed by atoms with van der Waals surface area (Å²) in [7, 11) is 0.